The molecule has 1 aromatic carbocycles. The second kappa shape index (κ2) is 5.03. The summed E-state index contributed by atoms with van der Waals surface area (Å²) in [6.07, 6.45) is 4.64. The quantitative estimate of drug-likeness (QED) is 0.649. The van der Waals surface area contributed by atoms with Crippen molar-refractivity contribution in [3.63, 3.8) is 0 Å². The number of benzene rings is 1. The van der Waals surface area contributed by atoms with Crippen LogP contribution in [-0.4, -0.2) is 5.88 Å². The molecule has 0 atom stereocenters. The van der Waals surface area contributed by atoms with Crippen LogP contribution in [0, 0.1) is 12.7 Å². The van der Waals surface area contributed by atoms with E-state index in [0.717, 1.165) is 12.0 Å². The first-order valence-electron chi connectivity index (χ1n) is 4.22. The van der Waals surface area contributed by atoms with Gasteiger partial charge in [0.1, 0.15) is 5.82 Å². The summed E-state index contributed by atoms with van der Waals surface area (Å²) < 4.78 is 13.0. The average Bonchev–Trinajstić information content (AvgIpc) is 2.12. The van der Waals surface area contributed by atoms with Crippen LogP contribution in [0.5, 0.6) is 0 Å². The molecule has 0 aliphatic rings. The van der Waals surface area contributed by atoms with Crippen molar-refractivity contribution in [2.75, 3.05) is 5.88 Å². The molecule has 0 nitrogen and oxygen atoms in total. The van der Waals surface area contributed by atoms with E-state index in [1.165, 1.54) is 6.07 Å². The van der Waals surface area contributed by atoms with Crippen LogP contribution in [0.2, 0.25) is 0 Å². The second-order valence-electron chi connectivity index (χ2n) is 2.89. The van der Waals surface area contributed by atoms with Crippen molar-refractivity contribution in [1.29, 1.82) is 0 Å². The van der Waals surface area contributed by atoms with Crippen LogP contribution in [0.15, 0.2) is 24.3 Å². The lowest BCUT2D eigenvalue weighted by Gasteiger charge is -1.97. The van der Waals surface area contributed by atoms with E-state index in [-0.39, 0.29) is 5.82 Å². The molecule has 70 valence electrons. The molecule has 0 bridgehead atoms. The number of hydrogen-bond acceptors (Lipinski definition) is 0. The monoisotopic (exact) mass is 198 g/mol. The number of alkyl halides is 1. The fraction of sp³-hybridized carbons (Fsp3) is 0.273. The van der Waals surface area contributed by atoms with E-state index in [1.807, 2.05) is 18.2 Å². The van der Waals surface area contributed by atoms with Gasteiger partial charge in [0.25, 0.3) is 0 Å². The smallest absolute Gasteiger partial charge is 0.126 e. The summed E-state index contributed by atoms with van der Waals surface area (Å²) >= 11 is 5.50. The molecule has 0 unspecified atom stereocenters. The molecule has 2 heteroatoms. The van der Waals surface area contributed by atoms with Gasteiger partial charge >= 0.3 is 0 Å². The van der Waals surface area contributed by atoms with Crippen LogP contribution in [0.25, 0.3) is 6.08 Å². The van der Waals surface area contributed by atoms with E-state index in [2.05, 4.69) is 0 Å². The minimum atomic E-state index is -0.159. The van der Waals surface area contributed by atoms with Gasteiger partial charge in [0, 0.05) is 5.88 Å². The summed E-state index contributed by atoms with van der Waals surface area (Å²) in [5.41, 5.74) is 1.56. The molecule has 0 heterocycles. The van der Waals surface area contributed by atoms with E-state index < -0.39 is 0 Å². The molecule has 0 fully saturated rings. The summed E-state index contributed by atoms with van der Waals surface area (Å²) in [4.78, 5) is 0. The highest BCUT2D eigenvalue weighted by molar-refractivity contribution is 6.17. The van der Waals surface area contributed by atoms with E-state index >= 15 is 0 Å². The third-order valence-electron chi connectivity index (χ3n) is 1.78. The molecule has 0 saturated carbocycles. The van der Waals surface area contributed by atoms with Gasteiger partial charge < -0.3 is 0 Å². The SMILES string of the molecule is Cc1ccc(C=CCCCl)cc1F. The Morgan fingerprint density at radius 1 is 1.46 bits per heavy atom. The normalized spacial score (nSPS) is 11.0. The predicted molar refractivity (Wildman–Crippen MR) is 55.5 cm³/mol. The Bertz CT molecular complexity index is 305. The third kappa shape index (κ3) is 3.19. The van der Waals surface area contributed by atoms with Crippen molar-refractivity contribution < 1.29 is 4.39 Å². The number of rotatable bonds is 3. The maximum absolute atomic E-state index is 13.0. The largest absolute Gasteiger partial charge is 0.207 e. The number of halogens is 2. The minimum absolute atomic E-state index is 0.159. The Kier molecular flexibility index (Phi) is 3.97. The maximum atomic E-state index is 13.0. The van der Waals surface area contributed by atoms with Crippen LogP contribution < -0.4 is 0 Å². The zero-order chi connectivity index (χ0) is 9.68. The van der Waals surface area contributed by atoms with Crippen molar-refractivity contribution in [1.82, 2.24) is 0 Å². The molecule has 0 radical (unpaired) electrons. The Morgan fingerprint density at radius 3 is 2.85 bits per heavy atom. The molecule has 0 N–H and O–H groups in total. The fourth-order valence-electron chi connectivity index (χ4n) is 0.995. The standard InChI is InChI=1S/C11H12ClF/c1-9-5-6-10(8-11(9)13)4-2-3-7-12/h2,4-6,8H,3,7H2,1H3. The molecule has 0 amide bonds. The predicted octanol–water partition coefficient (Wildman–Crippen LogP) is 3.78. The molecule has 0 saturated heterocycles. The van der Waals surface area contributed by atoms with Crippen molar-refractivity contribution in [3.8, 4) is 0 Å². The molecule has 0 spiro atoms. The number of aryl methyl sites for hydroxylation is 1. The molecular formula is C11H12ClF. The minimum Gasteiger partial charge on any atom is -0.207 e. The zero-order valence-corrected chi connectivity index (χ0v) is 8.31. The Morgan fingerprint density at radius 2 is 2.23 bits per heavy atom. The van der Waals surface area contributed by atoms with Gasteiger partial charge in [0.2, 0.25) is 0 Å². The van der Waals surface area contributed by atoms with Gasteiger partial charge in [-0.25, -0.2) is 4.39 Å². The van der Waals surface area contributed by atoms with Crippen LogP contribution in [0.1, 0.15) is 17.5 Å². The third-order valence-corrected chi connectivity index (χ3v) is 2.00. The van der Waals surface area contributed by atoms with Crippen LogP contribution in [0.4, 0.5) is 4.39 Å². The molecule has 0 aliphatic heterocycles. The Balaban J connectivity index is 2.73. The van der Waals surface area contributed by atoms with Gasteiger partial charge in [-0.3, -0.25) is 0 Å². The molecule has 1 rings (SSSR count). The lowest BCUT2D eigenvalue weighted by molar-refractivity contribution is 0.618. The Labute approximate surface area is 83.0 Å². The molecular weight excluding hydrogens is 187 g/mol. The van der Waals surface area contributed by atoms with Crippen molar-refractivity contribution in [2.24, 2.45) is 0 Å². The van der Waals surface area contributed by atoms with Crippen molar-refractivity contribution >= 4 is 17.7 Å². The zero-order valence-electron chi connectivity index (χ0n) is 7.56. The first-order chi connectivity index (χ1) is 6.24. The highest BCUT2D eigenvalue weighted by Gasteiger charge is 1.95. The molecule has 1 aromatic rings. The molecule has 0 aliphatic carbocycles. The van der Waals surface area contributed by atoms with Gasteiger partial charge in [0.15, 0.2) is 0 Å². The summed E-state index contributed by atoms with van der Waals surface area (Å²) in [5.74, 6) is 0.443. The Hall–Kier alpha value is -0.820. The van der Waals surface area contributed by atoms with E-state index in [9.17, 15) is 4.39 Å². The number of allylic oxidation sites excluding steroid dienone is 1. The molecule has 0 aromatic heterocycles. The van der Waals surface area contributed by atoms with Gasteiger partial charge in [-0.15, -0.1) is 11.6 Å². The average molecular weight is 199 g/mol. The topological polar surface area (TPSA) is 0 Å². The van der Waals surface area contributed by atoms with E-state index in [1.54, 1.807) is 13.0 Å². The summed E-state index contributed by atoms with van der Waals surface area (Å²) in [6.45, 7) is 1.75. The van der Waals surface area contributed by atoms with Crippen molar-refractivity contribution in [3.05, 3.63) is 41.2 Å². The van der Waals surface area contributed by atoms with Crippen molar-refractivity contribution in [2.45, 2.75) is 13.3 Å². The first-order valence-corrected chi connectivity index (χ1v) is 4.76. The lowest BCUT2D eigenvalue weighted by Crippen LogP contribution is -1.82. The van der Waals surface area contributed by atoms with Crippen LogP contribution in [0.3, 0.4) is 0 Å². The second-order valence-corrected chi connectivity index (χ2v) is 3.27. The summed E-state index contributed by atoms with van der Waals surface area (Å²) in [7, 11) is 0. The van der Waals surface area contributed by atoms with Crippen LogP contribution >= 0.6 is 11.6 Å². The lowest BCUT2D eigenvalue weighted by atomic mass is 10.1. The van der Waals surface area contributed by atoms with Gasteiger partial charge in [-0.05, 0) is 30.5 Å². The van der Waals surface area contributed by atoms with Gasteiger partial charge in [0.05, 0.1) is 0 Å². The van der Waals surface area contributed by atoms with Gasteiger partial charge in [-0.2, -0.15) is 0 Å². The summed E-state index contributed by atoms with van der Waals surface area (Å²) in [6, 6.07) is 5.19. The van der Waals surface area contributed by atoms with E-state index in [0.29, 0.717) is 11.4 Å². The fourth-order valence-corrected chi connectivity index (χ4v) is 1.12. The number of hydrogen-bond donors (Lipinski definition) is 0. The van der Waals surface area contributed by atoms with Crippen LogP contribution in [-0.2, 0) is 0 Å². The molecule has 13 heavy (non-hydrogen) atoms. The maximum Gasteiger partial charge on any atom is 0.126 e. The first kappa shape index (κ1) is 10.3. The highest BCUT2D eigenvalue weighted by atomic mass is 35.5. The summed E-state index contributed by atoms with van der Waals surface area (Å²) in [5, 5.41) is 0. The van der Waals surface area contributed by atoms with E-state index in [4.69, 9.17) is 11.6 Å². The highest BCUT2D eigenvalue weighted by Crippen LogP contribution is 2.10. The van der Waals surface area contributed by atoms with Gasteiger partial charge in [-0.1, -0.05) is 24.3 Å².